The van der Waals surface area contributed by atoms with E-state index in [0.717, 1.165) is 37.1 Å². The Morgan fingerprint density at radius 1 is 0.561 bits per heavy atom. The second-order valence-electron chi connectivity index (χ2n) is 13.2. The number of hydrogen-bond donors (Lipinski definition) is 4. The molecule has 11 heteroatoms. The summed E-state index contributed by atoms with van der Waals surface area (Å²) in [5, 5.41) is 34.7. The number of ether oxygens (including phenoxy) is 5. The highest BCUT2D eigenvalue weighted by Crippen LogP contribution is 2.40. The average Bonchev–Trinajstić information content (AvgIpc) is 3.24. The first-order valence-corrected chi connectivity index (χ1v) is 19.3. The van der Waals surface area contributed by atoms with Crippen molar-refractivity contribution in [3.63, 3.8) is 0 Å². The molecule has 6 rings (SSSR count). The van der Waals surface area contributed by atoms with Gasteiger partial charge in [-0.25, -0.2) is 0 Å². The highest BCUT2D eigenvalue weighted by atomic mass is 16.5. The fraction of sp³-hybridized carbons (Fsp3) is 0.283. The van der Waals surface area contributed by atoms with E-state index in [2.05, 4.69) is 34.6 Å². The summed E-state index contributed by atoms with van der Waals surface area (Å²) >= 11 is 0. The first kappa shape index (κ1) is 40.6. The van der Waals surface area contributed by atoms with Crippen LogP contribution in [0.5, 0.6) is 34.5 Å². The van der Waals surface area contributed by atoms with Gasteiger partial charge in [0.25, 0.3) is 0 Å². The first-order valence-electron chi connectivity index (χ1n) is 19.3. The van der Waals surface area contributed by atoms with Crippen LogP contribution in [0.2, 0.25) is 0 Å². The van der Waals surface area contributed by atoms with Gasteiger partial charge in [-0.3, -0.25) is 4.99 Å². The molecule has 0 aliphatic heterocycles. The van der Waals surface area contributed by atoms with Crippen LogP contribution in [-0.4, -0.2) is 81.2 Å². The van der Waals surface area contributed by atoms with E-state index in [1.54, 1.807) is 6.07 Å². The predicted molar refractivity (Wildman–Crippen MR) is 219 cm³/mol. The SMILES string of the molecule is Oc1cc2oc(-c3ccccc3)c/c(=N/CCOCCOCCNCCCOc3ccc(OCCc4ccccc4)c(OCCc4ccccc4)c3)c2c(O)c1O. The maximum atomic E-state index is 10.6. The van der Waals surface area contributed by atoms with Gasteiger partial charge in [-0.15, -0.1) is 0 Å². The van der Waals surface area contributed by atoms with Crippen molar-refractivity contribution in [1.82, 2.24) is 5.32 Å². The Labute approximate surface area is 332 Å². The van der Waals surface area contributed by atoms with E-state index in [-0.39, 0.29) is 11.0 Å². The third-order valence-electron chi connectivity index (χ3n) is 9.00. The molecule has 0 aliphatic rings. The third kappa shape index (κ3) is 12.5. The molecular weight excluding hydrogens is 725 g/mol. The lowest BCUT2D eigenvalue weighted by Crippen LogP contribution is -2.23. The van der Waals surface area contributed by atoms with Crippen LogP contribution in [0.4, 0.5) is 0 Å². The lowest BCUT2D eigenvalue weighted by Gasteiger charge is -2.15. The van der Waals surface area contributed by atoms with Gasteiger partial charge in [-0.1, -0.05) is 91.0 Å². The Bertz CT molecular complexity index is 2180. The molecule has 1 aromatic heterocycles. The Kier molecular flexibility index (Phi) is 15.6. The second kappa shape index (κ2) is 21.9. The average molecular weight is 775 g/mol. The minimum atomic E-state index is -0.629. The highest BCUT2D eigenvalue weighted by Gasteiger charge is 2.16. The number of nitrogens with one attached hydrogen (secondary N) is 1. The summed E-state index contributed by atoms with van der Waals surface area (Å²) in [6.45, 7) is 5.11. The van der Waals surface area contributed by atoms with Gasteiger partial charge >= 0.3 is 0 Å². The molecule has 0 spiro atoms. The van der Waals surface area contributed by atoms with E-state index in [4.69, 9.17) is 28.1 Å². The molecule has 57 heavy (non-hydrogen) atoms. The largest absolute Gasteiger partial charge is 0.504 e. The quantitative estimate of drug-likeness (QED) is 0.0383. The lowest BCUT2D eigenvalue weighted by molar-refractivity contribution is 0.0518. The Balaban J connectivity index is 0.867. The molecule has 0 unspecified atom stereocenters. The van der Waals surface area contributed by atoms with Crippen molar-refractivity contribution in [2.24, 2.45) is 4.99 Å². The molecule has 0 fully saturated rings. The molecule has 0 radical (unpaired) electrons. The molecule has 298 valence electrons. The maximum Gasteiger partial charge on any atom is 0.201 e. The van der Waals surface area contributed by atoms with Crippen molar-refractivity contribution in [2.75, 3.05) is 65.9 Å². The third-order valence-corrected chi connectivity index (χ3v) is 9.00. The number of phenols is 3. The molecule has 5 aromatic carbocycles. The first-order chi connectivity index (χ1) is 28.0. The fourth-order valence-electron chi connectivity index (χ4n) is 6.03. The van der Waals surface area contributed by atoms with Crippen molar-refractivity contribution in [1.29, 1.82) is 0 Å². The fourth-order valence-corrected chi connectivity index (χ4v) is 6.03. The van der Waals surface area contributed by atoms with E-state index in [9.17, 15) is 15.3 Å². The number of benzene rings is 5. The van der Waals surface area contributed by atoms with Gasteiger partial charge in [0, 0.05) is 43.1 Å². The molecule has 0 saturated carbocycles. The van der Waals surface area contributed by atoms with Crippen LogP contribution < -0.4 is 24.9 Å². The Hall–Kier alpha value is -6.01. The monoisotopic (exact) mass is 774 g/mol. The second-order valence-corrected chi connectivity index (χ2v) is 13.2. The number of hydrogen-bond acceptors (Lipinski definition) is 11. The molecule has 0 atom stereocenters. The summed E-state index contributed by atoms with van der Waals surface area (Å²) in [5.41, 5.74) is 3.44. The topological polar surface area (TPSA) is 144 Å². The summed E-state index contributed by atoms with van der Waals surface area (Å²) in [7, 11) is 0. The van der Waals surface area contributed by atoms with Crippen LogP contribution in [0.1, 0.15) is 17.5 Å². The van der Waals surface area contributed by atoms with Gasteiger partial charge in [-0.05, 0) is 36.2 Å². The van der Waals surface area contributed by atoms with Gasteiger partial charge in [0.05, 0.1) is 63.5 Å². The summed E-state index contributed by atoms with van der Waals surface area (Å²) in [6, 6.07) is 38.7. The summed E-state index contributed by atoms with van der Waals surface area (Å²) in [6.07, 6.45) is 2.42. The summed E-state index contributed by atoms with van der Waals surface area (Å²) in [4.78, 5) is 4.59. The van der Waals surface area contributed by atoms with Gasteiger partial charge in [0.1, 0.15) is 17.1 Å². The number of aromatic hydroxyl groups is 3. The predicted octanol–water partition coefficient (Wildman–Crippen LogP) is 7.45. The molecule has 11 nitrogen and oxygen atoms in total. The number of nitrogens with zero attached hydrogens (tertiary/aromatic N) is 1. The molecule has 4 N–H and O–H groups in total. The molecule has 1 heterocycles. The zero-order valence-corrected chi connectivity index (χ0v) is 32.0. The molecular formula is C46H50N2O9. The van der Waals surface area contributed by atoms with Gasteiger partial charge < -0.3 is 48.7 Å². The Morgan fingerprint density at radius 2 is 1.21 bits per heavy atom. The van der Waals surface area contributed by atoms with Crippen molar-refractivity contribution < 1.29 is 43.4 Å². The van der Waals surface area contributed by atoms with Gasteiger partial charge in [-0.2, -0.15) is 0 Å². The highest BCUT2D eigenvalue weighted by molar-refractivity contribution is 5.89. The van der Waals surface area contributed by atoms with E-state index in [1.165, 1.54) is 17.2 Å². The molecule has 0 aliphatic carbocycles. The van der Waals surface area contributed by atoms with Gasteiger partial charge in [0.2, 0.25) is 5.75 Å². The molecule has 6 aromatic rings. The Morgan fingerprint density at radius 3 is 1.91 bits per heavy atom. The van der Waals surface area contributed by atoms with E-state index < -0.39 is 17.2 Å². The number of rotatable bonds is 23. The maximum absolute atomic E-state index is 10.6. The van der Waals surface area contributed by atoms with E-state index in [0.29, 0.717) is 82.0 Å². The van der Waals surface area contributed by atoms with Crippen LogP contribution in [0.25, 0.3) is 22.3 Å². The molecule has 0 saturated heterocycles. The molecule has 0 amide bonds. The van der Waals surface area contributed by atoms with Crippen LogP contribution >= 0.6 is 0 Å². The van der Waals surface area contributed by atoms with Crippen LogP contribution in [-0.2, 0) is 22.3 Å². The number of fused-ring (bicyclic) bond motifs is 1. The number of phenolic OH excluding ortho intramolecular Hbond substituents is 3. The van der Waals surface area contributed by atoms with Crippen molar-refractivity contribution in [2.45, 2.75) is 19.3 Å². The van der Waals surface area contributed by atoms with Crippen molar-refractivity contribution >= 4 is 11.0 Å². The zero-order chi connectivity index (χ0) is 39.5. The normalized spacial score (nSPS) is 11.5. The lowest BCUT2D eigenvalue weighted by atomic mass is 10.1. The van der Waals surface area contributed by atoms with Crippen LogP contribution in [0.3, 0.4) is 0 Å². The van der Waals surface area contributed by atoms with E-state index in [1.807, 2.05) is 84.9 Å². The van der Waals surface area contributed by atoms with Gasteiger partial charge in [0.15, 0.2) is 23.0 Å². The minimum Gasteiger partial charge on any atom is -0.504 e. The van der Waals surface area contributed by atoms with Crippen LogP contribution in [0, 0.1) is 0 Å². The van der Waals surface area contributed by atoms with Crippen molar-refractivity contribution in [3.8, 4) is 45.8 Å². The molecule has 0 bridgehead atoms. The smallest absolute Gasteiger partial charge is 0.201 e. The summed E-state index contributed by atoms with van der Waals surface area (Å²) in [5.74, 6) is 1.00. The van der Waals surface area contributed by atoms with Crippen molar-refractivity contribution in [3.05, 3.63) is 138 Å². The standard InChI is InChI=1S/C46H50N2O9/c49-39-33-43-44(46(51)45(39)50)38(32-41(57-43)36-15-8-3-9-16-36)48-23-28-53-30-29-52-27-22-47-21-10-24-54-37-17-18-40(55-25-19-34-11-4-1-5-12-34)42(31-37)56-26-20-35-13-6-2-7-14-35/h1-9,11-18,31-33,47,49-51H,10,19-30H2/b48-38-. The van der Waals surface area contributed by atoms with Crippen LogP contribution in [0.15, 0.2) is 131 Å². The zero-order valence-electron chi connectivity index (χ0n) is 32.0. The van der Waals surface area contributed by atoms with E-state index >= 15 is 0 Å². The minimum absolute atomic E-state index is 0.193. The summed E-state index contributed by atoms with van der Waals surface area (Å²) < 4.78 is 35.7.